The van der Waals surface area contributed by atoms with Crippen LogP contribution in [0.1, 0.15) is 16.8 Å². The molecule has 0 aliphatic carbocycles. The average molecular weight is 399 g/mol. The van der Waals surface area contributed by atoms with E-state index in [1.54, 1.807) is 25.6 Å². The molecule has 0 atom stereocenters. The van der Waals surface area contributed by atoms with E-state index in [-0.39, 0.29) is 18.0 Å². The number of aliphatic imine (C=N–C) groups is 1. The lowest BCUT2D eigenvalue weighted by Crippen LogP contribution is -2.22. The minimum absolute atomic E-state index is 0.112. The molecule has 0 aliphatic heterocycles. The first kappa shape index (κ1) is 19.4. The molecule has 4 aromatic rings. The van der Waals surface area contributed by atoms with E-state index in [0.29, 0.717) is 22.9 Å². The zero-order valence-corrected chi connectivity index (χ0v) is 16.5. The summed E-state index contributed by atoms with van der Waals surface area (Å²) in [7, 11) is 1.60. The van der Waals surface area contributed by atoms with Crippen LogP contribution in [0.2, 0.25) is 0 Å². The summed E-state index contributed by atoms with van der Waals surface area (Å²) >= 11 is 0. The number of methoxy groups -OCH3 is 1. The fourth-order valence-corrected chi connectivity index (χ4v) is 3.32. The molecule has 4 rings (SSSR count). The normalized spacial score (nSPS) is 11.2. The molecule has 150 valence electrons. The van der Waals surface area contributed by atoms with Gasteiger partial charge in [-0.2, -0.15) is 0 Å². The average Bonchev–Trinajstić information content (AvgIpc) is 2.80. The Labute approximate surface area is 173 Å². The summed E-state index contributed by atoms with van der Waals surface area (Å²) in [4.78, 5) is 21.7. The van der Waals surface area contributed by atoms with Gasteiger partial charge in [-0.3, -0.25) is 19.3 Å². The lowest BCUT2D eigenvalue weighted by atomic mass is 10.1. The van der Waals surface area contributed by atoms with Gasteiger partial charge in [-0.25, -0.2) is 0 Å². The van der Waals surface area contributed by atoms with E-state index in [9.17, 15) is 9.90 Å². The number of rotatable bonds is 6. The number of nitrogens with zero attached hydrogens (tertiary/aromatic N) is 3. The van der Waals surface area contributed by atoms with E-state index in [0.717, 1.165) is 17.0 Å². The molecular formula is C24H21N3O3. The molecule has 0 aliphatic rings. The van der Waals surface area contributed by atoms with Gasteiger partial charge in [0.15, 0.2) is 0 Å². The third-order valence-corrected chi connectivity index (χ3v) is 4.89. The van der Waals surface area contributed by atoms with Crippen LogP contribution in [0, 0.1) is 0 Å². The van der Waals surface area contributed by atoms with Crippen LogP contribution in [-0.4, -0.2) is 28.0 Å². The van der Waals surface area contributed by atoms with Gasteiger partial charge in [-0.1, -0.05) is 36.4 Å². The summed E-state index contributed by atoms with van der Waals surface area (Å²) in [5.74, 6) is 0.621. The molecular weight excluding hydrogens is 378 g/mol. The highest BCUT2D eigenvalue weighted by molar-refractivity contribution is 6.01. The third kappa shape index (κ3) is 3.93. The van der Waals surface area contributed by atoms with Crippen molar-refractivity contribution < 1.29 is 9.84 Å². The van der Waals surface area contributed by atoms with Crippen LogP contribution in [0.4, 0.5) is 0 Å². The monoisotopic (exact) mass is 399 g/mol. The molecule has 0 spiro atoms. The second-order valence-electron chi connectivity index (χ2n) is 6.81. The summed E-state index contributed by atoms with van der Waals surface area (Å²) in [6.07, 6.45) is 3.32. The van der Waals surface area contributed by atoms with Gasteiger partial charge >= 0.3 is 0 Å². The van der Waals surface area contributed by atoms with Crippen LogP contribution in [0.15, 0.2) is 82.7 Å². The zero-order valence-electron chi connectivity index (χ0n) is 16.5. The molecule has 0 fully saturated rings. The number of fused-ring (bicyclic) bond motifs is 1. The topological polar surface area (TPSA) is 76.7 Å². The van der Waals surface area contributed by atoms with Gasteiger partial charge in [0, 0.05) is 23.2 Å². The lowest BCUT2D eigenvalue weighted by molar-refractivity contribution is 0.412. The maximum atomic E-state index is 13.0. The van der Waals surface area contributed by atoms with Crippen molar-refractivity contribution in [3.63, 3.8) is 0 Å². The third-order valence-electron chi connectivity index (χ3n) is 4.89. The number of ether oxygens (including phenoxy) is 1. The SMILES string of the molecule is COc1ccc(Cn2c(O)c(C=NCc3ccccn3)c3ccccc3c2=O)cc1. The van der Waals surface area contributed by atoms with Gasteiger partial charge in [0.25, 0.3) is 5.56 Å². The Morgan fingerprint density at radius 1 is 1.03 bits per heavy atom. The van der Waals surface area contributed by atoms with Gasteiger partial charge in [0.1, 0.15) is 5.75 Å². The van der Waals surface area contributed by atoms with E-state index in [1.165, 1.54) is 4.57 Å². The molecule has 30 heavy (non-hydrogen) atoms. The molecule has 2 aromatic carbocycles. The van der Waals surface area contributed by atoms with Crippen LogP contribution in [0.5, 0.6) is 11.6 Å². The predicted octanol–water partition coefficient (Wildman–Crippen LogP) is 3.78. The maximum Gasteiger partial charge on any atom is 0.261 e. The lowest BCUT2D eigenvalue weighted by Gasteiger charge is -2.14. The van der Waals surface area contributed by atoms with Gasteiger partial charge < -0.3 is 9.84 Å². The highest BCUT2D eigenvalue weighted by atomic mass is 16.5. The number of aromatic hydroxyl groups is 1. The number of pyridine rings is 2. The molecule has 1 N–H and O–H groups in total. The molecule has 0 bridgehead atoms. The molecule has 6 nitrogen and oxygen atoms in total. The Morgan fingerprint density at radius 3 is 2.47 bits per heavy atom. The molecule has 0 amide bonds. The molecule has 0 saturated carbocycles. The zero-order chi connectivity index (χ0) is 20.9. The van der Waals surface area contributed by atoms with Crippen molar-refractivity contribution in [2.24, 2.45) is 4.99 Å². The van der Waals surface area contributed by atoms with E-state index in [4.69, 9.17) is 4.74 Å². The van der Waals surface area contributed by atoms with E-state index >= 15 is 0 Å². The minimum atomic E-state index is -0.249. The predicted molar refractivity (Wildman–Crippen MR) is 118 cm³/mol. The fraction of sp³-hybridized carbons (Fsp3) is 0.125. The van der Waals surface area contributed by atoms with E-state index in [2.05, 4.69) is 9.98 Å². The van der Waals surface area contributed by atoms with Crippen molar-refractivity contribution in [2.45, 2.75) is 13.1 Å². The van der Waals surface area contributed by atoms with Crippen molar-refractivity contribution in [3.8, 4) is 11.6 Å². The smallest absolute Gasteiger partial charge is 0.261 e. The van der Waals surface area contributed by atoms with E-state index in [1.807, 2.05) is 60.7 Å². The Hall–Kier alpha value is -3.93. The van der Waals surface area contributed by atoms with Gasteiger partial charge in [0.05, 0.1) is 31.5 Å². The minimum Gasteiger partial charge on any atom is -0.497 e. The summed E-state index contributed by atoms with van der Waals surface area (Å²) in [6, 6.07) is 20.3. The molecule has 6 heteroatoms. The maximum absolute atomic E-state index is 13.0. The van der Waals surface area contributed by atoms with Crippen molar-refractivity contribution in [3.05, 3.63) is 100 Å². The quantitative estimate of drug-likeness (QED) is 0.501. The number of hydrogen-bond acceptors (Lipinski definition) is 5. The van der Waals surface area contributed by atoms with Crippen molar-refractivity contribution >= 4 is 17.0 Å². The highest BCUT2D eigenvalue weighted by Crippen LogP contribution is 2.24. The number of aromatic nitrogens is 2. The first-order valence-corrected chi connectivity index (χ1v) is 9.54. The van der Waals surface area contributed by atoms with Crippen LogP contribution in [0.3, 0.4) is 0 Å². The second kappa shape index (κ2) is 8.61. The van der Waals surface area contributed by atoms with Gasteiger partial charge in [-0.05, 0) is 35.9 Å². The van der Waals surface area contributed by atoms with Crippen LogP contribution < -0.4 is 10.3 Å². The molecule has 0 saturated heterocycles. The van der Waals surface area contributed by atoms with Crippen molar-refractivity contribution in [2.75, 3.05) is 7.11 Å². The van der Waals surface area contributed by atoms with Crippen molar-refractivity contribution in [1.82, 2.24) is 9.55 Å². The van der Waals surface area contributed by atoms with Gasteiger partial charge in [-0.15, -0.1) is 0 Å². The van der Waals surface area contributed by atoms with E-state index < -0.39 is 0 Å². The Morgan fingerprint density at radius 2 is 1.77 bits per heavy atom. The molecule has 2 aromatic heterocycles. The Bertz CT molecular complexity index is 1250. The molecule has 2 heterocycles. The van der Waals surface area contributed by atoms with Crippen molar-refractivity contribution in [1.29, 1.82) is 0 Å². The summed E-state index contributed by atoms with van der Waals surface area (Å²) in [5.41, 5.74) is 1.96. The second-order valence-corrected chi connectivity index (χ2v) is 6.81. The fourth-order valence-electron chi connectivity index (χ4n) is 3.32. The molecule has 0 radical (unpaired) electrons. The first-order valence-electron chi connectivity index (χ1n) is 9.54. The largest absolute Gasteiger partial charge is 0.497 e. The van der Waals surface area contributed by atoms with Crippen LogP contribution in [-0.2, 0) is 13.1 Å². The Balaban J connectivity index is 1.76. The molecule has 0 unspecified atom stereocenters. The Kier molecular flexibility index (Phi) is 5.57. The summed E-state index contributed by atoms with van der Waals surface area (Å²) in [5, 5.41) is 12.2. The first-order chi connectivity index (χ1) is 14.7. The summed E-state index contributed by atoms with van der Waals surface area (Å²) in [6.45, 7) is 0.618. The van der Waals surface area contributed by atoms with Crippen LogP contribution in [0.25, 0.3) is 10.8 Å². The number of benzene rings is 2. The number of hydrogen-bond donors (Lipinski definition) is 1. The standard InChI is InChI=1S/C24H21N3O3/c1-30-19-11-9-17(10-12-19)16-27-23(28)21-8-3-2-7-20(21)22(24(27)29)15-25-14-18-6-4-5-13-26-18/h2-13,15,29H,14,16H2,1H3. The van der Waals surface area contributed by atoms with Crippen LogP contribution >= 0.6 is 0 Å². The van der Waals surface area contributed by atoms with Gasteiger partial charge in [0.2, 0.25) is 5.88 Å². The summed E-state index contributed by atoms with van der Waals surface area (Å²) < 4.78 is 6.55. The highest BCUT2D eigenvalue weighted by Gasteiger charge is 2.15.